The predicted molar refractivity (Wildman–Crippen MR) is 123 cm³/mol. The summed E-state index contributed by atoms with van der Waals surface area (Å²) in [6, 6.07) is 2.15. The summed E-state index contributed by atoms with van der Waals surface area (Å²) in [5, 5.41) is 4.14. The Hall–Kier alpha value is -2.46. The van der Waals surface area contributed by atoms with E-state index in [9.17, 15) is 13.4 Å². The van der Waals surface area contributed by atoms with Crippen molar-refractivity contribution < 1.29 is 13.1 Å². The van der Waals surface area contributed by atoms with E-state index in [1.54, 1.807) is 18.5 Å². The van der Waals surface area contributed by atoms with Gasteiger partial charge in [0, 0.05) is 18.5 Å². The highest BCUT2D eigenvalue weighted by atomic mass is 32.2. The number of aromatic nitrogens is 4. The summed E-state index contributed by atoms with van der Waals surface area (Å²) >= 11 is 0. The second-order valence-electron chi connectivity index (χ2n) is 10.6. The summed E-state index contributed by atoms with van der Waals surface area (Å²) in [4.78, 5) is 22.6. The fourth-order valence-electron chi connectivity index (χ4n) is 5.34. The van der Waals surface area contributed by atoms with Crippen molar-refractivity contribution in [3.05, 3.63) is 51.4 Å². The van der Waals surface area contributed by atoms with Gasteiger partial charge in [-0.15, -0.1) is 0 Å². The molecule has 0 saturated heterocycles. The molecule has 0 aliphatic heterocycles. The monoisotopic (exact) mass is 473 g/mol. The van der Waals surface area contributed by atoms with Crippen LogP contribution in [-0.2, 0) is 28.9 Å². The number of hydrogen-bond donors (Lipinski definition) is 1. The summed E-state index contributed by atoms with van der Waals surface area (Å²) in [6.07, 6.45) is 2.35. The molecule has 3 aromatic rings. The zero-order valence-electron chi connectivity index (χ0n) is 19.7. The van der Waals surface area contributed by atoms with Crippen molar-refractivity contribution in [1.82, 2.24) is 24.4 Å². The number of aryl methyl sites for hydroxylation is 1. The molecule has 2 atom stereocenters. The largest absolute Gasteiger partial charge is 0.339 e. The Labute approximate surface area is 193 Å². The van der Waals surface area contributed by atoms with Crippen LogP contribution in [0.1, 0.15) is 76.1 Å². The number of halogens is 1. The Morgan fingerprint density at radius 3 is 2.45 bits per heavy atom. The Kier molecular flexibility index (Phi) is 4.75. The molecule has 2 heterocycles. The quantitative estimate of drug-likeness (QED) is 0.610. The molecule has 10 heteroatoms. The van der Waals surface area contributed by atoms with Gasteiger partial charge >= 0.3 is 0 Å². The van der Waals surface area contributed by atoms with Crippen LogP contribution >= 0.6 is 0 Å². The van der Waals surface area contributed by atoms with Gasteiger partial charge in [0.15, 0.2) is 5.82 Å². The van der Waals surface area contributed by atoms with Crippen molar-refractivity contribution in [3.8, 4) is 0 Å². The van der Waals surface area contributed by atoms with E-state index in [0.717, 1.165) is 19.3 Å². The third-order valence-corrected chi connectivity index (χ3v) is 8.65. The van der Waals surface area contributed by atoms with E-state index in [0.29, 0.717) is 28.6 Å². The number of nitrogens with zero attached hydrogens (tertiary/aromatic N) is 4. The molecule has 8 nitrogen and oxygen atoms in total. The summed E-state index contributed by atoms with van der Waals surface area (Å²) in [7, 11) is 0.326. The molecule has 176 valence electrons. The van der Waals surface area contributed by atoms with Crippen LogP contribution in [0.2, 0.25) is 0 Å². The Balaban J connectivity index is 1.55. The molecule has 33 heavy (non-hydrogen) atoms. The van der Waals surface area contributed by atoms with E-state index in [2.05, 4.69) is 14.9 Å². The first-order valence-corrected chi connectivity index (χ1v) is 12.2. The Morgan fingerprint density at radius 1 is 1.21 bits per heavy atom. The normalized spacial score (nSPS) is 26.0. The molecule has 3 aliphatic rings. The van der Waals surface area contributed by atoms with Crippen LogP contribution in [0, 0.1) is 12.7 Å². The molecule has 0 amide bonds. The van der Waals surface area contributed by atoms with Crippen LogP contribution in [0.25, 0.3) is 10.9 Å². The van der Waals surface area contributed by atoms with Crippen molar-refractivity contribution in [2.45, 2.75) is 75.5 Å². The van der Waals surface area contributed by atoms with Gasteiger partial charge in [-0.2, -0.15) is 4.98 Å². The maximum Gasteiger partial charge on any atom is 0.261 e. The van der Waals surface area contributed by atoms with Crippen molar-refractivity contribution in [1.29, 1.82) is 0 Å². The van der Waals surface area contributed by atoms with E-state index in [-0.39, 0.29) is 21.8 Å². The maximum absolute atomic E-state index is 14.5. The second kappa shape index (κ2) is 7.02. The molecule has 1 aromatic carbocycles. The standard InChI is InChI=1S/C23H28FN5O3S/c1-12(28-33(31)21(3,4)5)15-7-14(24)8-16-17(15)26-19(29(6)18(16)30)22-9-23(10-22,11-22)20-25-13(2)27-32-20/h7-8,12,28H,9-11H2,1-6H3/t12-,22?,23?,33-/m1/s1. The molecular weight excluding hydrogens is 445 g/mol. The number of hydrogen-bond acceptors (Lipinski definition) is 6. The van der Waals surface area contributed by atoms with Crippen LogP contribution in [0.3, 0.4) is 0 Å². The smallest absolute Gasteiger partial charge is 0.261 e. The average molecular weight is 474 g/mol. The number of fused-ring (bicyclic) bond motifs is 1. The van der Waals surface area contributed by atoms with E-state index in [4.69, 9.17) is 9.51 Å². The van der Waals surface area contributed by atoms with Crippen molar-refractivity contribution in [2.24, 2.45) is 7.05 Å². The number of rotatable bonds is 5. The topological polar surface area (TPSA) is 103 Å². The van der Waals surface area contributed by atoms with Crippen molar-refractivity contribution >= 4 is 21.9 Å². The SMILES string of the molecule is Cc1noc(C23CC(c4nc5c([C@@H](C)N[S@](=O)C(C)(C)C)cc(F)cc5c(=O)n4C)(C2)C3)n1. The highest BCUT2D eigenvalue weighted by Gasteiger charge is 2.73. The lowest BCUT2D eigenvalue weighted by molar-refractivity contribution is -0.0966. The zero-order valence-corrected chi connectivity index (χ0v) is 20.5. The highest BCUT2D eigenvalue weighted by Crippen LogP contribution is 2.73. The molecule has 3 aliphatic carbocycles. The van der Waals surface area contributed by atoms with Crippen LogP contribution in [0.5, 0.6) is 0 Å². The summed E-state index contributed by atoms with van der Waals surface area (Å²) in [6.45, 7) is 9.20. The molecule has 0 spiro atoms. The Bertz CT molecular complexity index is 1350. The van der Waals surface area contributed by atoms with Crippen molar-refractivity contribution in [3.63, 3.8) is 0 Å². The molecule has 2 bridgehead atoms. The molecule has 0 radical (unpaired) electrons. The highest BCUT2D eigenvalue weighted by molar-refractivity contribution is 7.84. The van der Waals surface area contributed by atoms with Crippen LogP contribution < -0.4 is 10.3 Å². The molecular formula is C23H28FN5O3S. The fraction of sp³-hybridized carbons (Fsp3) is 0.565. The minimum absolute atomic E-state index is 0.141. The summed E-state index contributed by atoms with van der Waals surface area (Å²) < 4.78 is 36.7. The summed E-state index contributed by atoms with van der Waals surface area (Å²) in [5.74, 6) is 1.43. The lowest BCUT2D eigenvalue weighted by Crippen LogP contribution is -2.68. The summed E-state index contributed by atoms with van der Waals surface area (Å²) in [5.41, 5.74) is 0.314. The third-order valence-electron chi connectivity index (χ3n) is 6.97. The minimum atomic E-state index is -1.36. The third kappa shape index (κ3) is 3.29. The van der Waals surface area contributed by atoms with E-state index in [1.165, 1.54) is 12.1 Å². The average Bonchev–Trinajstić information content (AvgIpc) is 3.08. The van der Waals surface area contributed by atoms with Crippen LogP contribution in [0.4, 0.5) is 4.39 Å². The first-order chi connectivity index (χ1) is 15.4. The molecule has 3 fully saturated rings. The number of nitrogens with one attached hydrogen (secondary N) is 1. The van der Waals surface area contributed by atoms with Gasteiger partial charge in [-0.3, -0.25) is 9.36 Å². The van der Waals surface area contributed by atoms with Crippen LogP contribution in [0.15, 0.2) is 21.5 Å². The van der Waals surface area contributed by atoms with Crippen molar-refractivity contribution in [2.75, 3.05) is 0 Å². The molecule has 0 unspecified atom stereocenters. The van der Waals surface area contributed by atoms with E-state index >= 15 is 0 Å². The van der Waals surface area contributed by atoms with Gasteiger partial charge in [-0.25, -0.2) is 18.3 Å². The van der Waals surface area contributed by atoms with Gasteiger partial charge < -0.3 is 4.52 Å². The molecule has 2 aromatic heterocycles. The lowest BCUT2D eigenvalue weighted by Gasteiger charge is -2.68. The number of benzene rings is 1. The minimum Gasteiger partial charge on any atom is -0.339 e. The van der Waals surface area contributed by atoms with Gasteiger partial charge in [0.1, 0.15) is 11.6 Å². The lowest BCUT2D eigenvalue weighted by atomic mass is 9.34. The van der Waals surface area contributed by atoms with E-state index in [1.807, 2.05) is 27.7 Å². The van der Waals surface area contributed by atoms with Gasteiger partial charge in [0.25, 0.3) is 5.56 Å². The molecule has 6 rings (SSSR count). The predicted octanol–water partition coefficient (Wildman–Crippen LogP) is 3.25. The fourth-order valence-corrected chi connectivity index (χ4v) is 6.14. The first kappa shape index (κ1) is 22.3. The van der Waals surface area contributed by atoms with Gasteiger partial charge in [0.05, 0.1) is 32.1 Å². The Morgan fingerprint density at radius 2 is 1.88 bits per heavy atom. The molecule has 1 N–H and O–H groups in total. The second-order valence-corrected chi connectivity index (χ2v) is 12.6. The first-order valence-electron chi connectivity index (χ1n) is 11.0. The van der Waals surface area contributed by atoms with E-state index < -0.39 is 27.6 Å². The van der Waals surface area contributed by atoms with Gasteiger partial charge in [-0.1, -0.05) is 5.16 Å². The van der Waals surface area contributed by atoms with Crippen LogP contribution in [-0.4, -0.2) is 28.6 Å². The molecule has 3 saturated carbocycles. The van der Waals surface area contributed by atoms with Gasteiger partial charge in [0.2, 0.25) is 5.89 Å². The zero-order chi connectivity index (χ0) is 23.9. The maximum atomic E-state index is 14.5. The van der Waals surface area contributed by atoms with Gasteiger partial charge in [-0.05, 0) is 71.6 Å².